The van der Waals surface area contributed by atoms with Gasteiger partial charge in [-0.1, -0.05) is 0 Å². The topological polar surface area (TPSA) is 23.8 Å². The average Bonchev–Trinajstić information content (AvgIpc) is 2.26. The second-order valence-electron chi connectivity index (χ2n) is 3.62. The van der Waals surface area contributed by atoms with Crippen molar-refractivity contribution in [3.05, 3.63) is 0 Å². The van der Waals surface area contributed by atoms with Crippen LogP contribution in [0.5, 0.6) is 0 Å². The first kappa shape index (κ1) is 20.1. The summed E-state index contributed by atoms with van der Waals surface area (Å²) in [5, 5.41) is 9.03. The minimum Gasteiger partial charge on any atom is -0.200 e. The fourth-order valence-electron chi connectivity index (χ4n) is 0.987. The van der Waals surface area contributed by atoms with Crippen LogP contribution in [0, 0.1) is 10.7 Å². The molecule has 0 aromatic rings. The smallest absolute Gasteiger partial charge is 0.200 e. The minimum atomic E-state index is -7.38. The molecule has 0 aliphatic rings. The zero-order chi connectivity index (χ0) is 17.3. The van der Waals surface area contributed by atoms with E-state index in [1.54, 1.807) is 0 Å². The van der Waals surface area contributed by atoms with Crippen LogP contribution in [0.4, 0.5) is 48.3 Å². The van der Waals surface area contributed by atoms with Gasteiger partial charge in [-0.05, 0) is 11.8 Å². The Morgan fingerprint density at radius 3 is 1.48 bits per heavy atom. The molecule has 0 aliphatic heterocycles. The van der Waals surface area contributed by atoms with Gasteiger partial charge in [-0.2, -0.15) is 53.6 Å². The molecule has 124 valence electrons. The number of thioether (sulfide) groups is 1. The third kappa shape index (κ3) is 3.29. The van der Waals surface area contributed by atoms with Crippen molar-refractivity contribution < 1.29 is 48.3 Å². The third-order valence-corrected chi connectivity index (χ3v) is 2.72. The largest absolute Gasteiger partial charge is 0.460 e. The Morgan fingerprint density at radius 2 is 1.14 bits per heavy atom. The molecule has 0 heterocycles. The Morgan fingerprint density at radius 1 is 0.714 bits per heavy atom. The van der Waals surface area contributed by atoms with Crippen LogP contribution in [0.3, 0.4) is 0 Å². The maximum Gasteiger partial charge on any atom is 0.460 e. The molecule has 0 rings (SSSR count). The summed E-state index contributed by atoms with van der Waals surface area (Å²) in [6.07, 6.45) is -9.35. The number of hydrogen-bond donors (Lipinski definition) is 0. The lowest BCUT2D eigenvalue weighted by atomic mass is 9.96. The van der Waals surface area contributed by atoms with Crippen molar-refractivity contribution in [1.82, 2.24) is 0 Å². The van der Waals surface area contributed by atoms with E-state index in [0.717, 1.165) is 5.40 Å². The molecule has 0 radical (unpaired) electrons. The van der Waals surface area contributed by atoms with Crippen molar-refractivity contribution in [2.24, 2.45) is 0 Å². The molecule has 0 amide bonds. The molecule has 0 atom stereocenters. The van der Waals surface area contributed by atoms with Gasteiger partial charge in [-0.15, -0.1) is 0 Å². The lowest BCUT2D eigenvalue weighted by Crippen LogP contribution is -2.66. The second kappa shape index (κ2) is 5.69. The standard InChI is InChI=1S/C8H4F11NS/c9-4(10,1-2-21-3-20)5(11,12)6(13,14)7(15,16)8(17,18)19/h1-2H2. The molecule has 0 N–H and O–H groups in total. The van der Waals surface area contributed by atoms with Crippen molar-refractivity contribution in [2.75, 3.05) is 5.75 Å². The SMILES string of the molecule is N#CSCCC(F)(F)C(F)(F)C(F)(F)C(F)(F)C(F)(F)F. The van der Waals surface area contributed by atoms with E-state index in [1.165, 1.54) is 0 Å². The molecule has 0 saturated carbocycles. The van der Waals surface area contributed by atoms with Gasteiger partial charge >= 0.3 is 29.9 Å². The van der Waals surface area contributed by atoms with Gasteiger partial charge in [0, 0.05) is 12.2 Å². The minimum absolute atomic E-state index is 0.0876. The van der Waals surface area contributed by atoms with Gasteiger partial charge < -0.3 is 0 Å². The predicted octanol–water partition coefficient (Wildman–Crippen LogP) is 4.69. The van der Waals surface area contributed by atoms with Gasteiger partial charge in [-0.3, -0.25) is 0 Å². The number of thiocyanates is 1. The van der Waals surface area contributed by atoms with Crippen LogP contribution < -0.4 is 0 Å². The highest BCUT2D eigenvalue weighted by molar-refractivity contribution is 8.03. The summed E-state index contributed by atoms with van der Waals surface area (Å²) in [6.45, 7) is 0. The summed E-state index contributed by atoms with van der Waals surface area (Å²) >= 11 is -0.0876. The zero-order valence-electron chi connectivity index (χ0n) is 9.43. The Balaban J connectivity index is 5.62. The van der Waals surface area contributed by atoms with Crippen LogP contribution in [0.2, 0.25) is 0 Å². The van der Waals surface area contributed by atoms with Crippen molar-refractivity contribution in [3.63, 3.8) is 0 Å². The summed E-state index contributed by atoms with van der Waals surface area (Å²) in [5.74, 6) is -28.8. The van der Waals surface area contributed by atoms with Gasteiger partial charge in [0.15, 0.2) is 0 Å². The van der Waals surface area contributed by atoms with E-state index in [9.17, 15) is 48.3 Å². The van der Waals surface area contributed by atoms with Gasteiger partial charge in [0.25, 0.3) is 0 Å². The van der Waals surface area contributed by atoms with Gasteiger partial charge in [-0.25, -0.2) is 0 Å². The highest BCUT2D eigenvalue weighted by Crippen LogP contribution is 2.57. The monoisotopic (exact) mass is 355 g/mol. The quantitative estimate of drug-likeness (QED) is 0.392. The van der Waals surface area contributed by atoms with E-state index in [4.69, 9.17) is 5.26 Å². The van der Waals surface area contributed by atoms with Crippen LogP contribution in [-0.2, 0) is 0 Å². The molecular formula is C8H4F11NS. The van der Waals surface area contributed by atoms with E-state index in [1.807, 2.05) is 0 Å². The number of hydrogen-bond acceptors (Lipinski definition) is 2. The fourth-order valence-corrected chi connectivity index (χ4v) is 1.44. The van der Waals surface area contributed by atoms with Crippen LogP contribution in [0.15, 0.2) is 0 Å². The number of nitrogens with zero attached hydrogens (tertiary/aromatic N) is 1. The average molecular weight is 355 g/mol. The van der Waals surface area contributed by atoms with Crippen molar-refractivity contribution in [3.8, 4) is 5.40 Å². The first-order valence-corrected chi connectivity index (χ1v) is 5.63. The predicted molar refractivity (Wildman–Crippen MR) is 48.5 cm³/mol. The van der Waals surface area contributed by atoms with Crippen LogP contribution in [0.1, 0.15) is 6.42 Å². The normalized spacial score (nSPS) is 15.0. The molecular weight excluding hydrogens is 351 g/mol. The number of alkyl halides is 11. The van der Waals surface area contributed by atoms with Gasteiger partial charge in [0.1, 0.15) is 5.40 Å². The summed E-state index contributed by atoms with van der Waals surface area (Å²) in [6, 6.07) is 0. The fraction of sp³-hybridized carbons (Fsp3) is 0.875. The number of halogens is 11. The van der Waals surface area contributed by atoms with E-state index >= 15 is 0 Å². The molecule has 1 nitrogen and oxygen atoms in total. The van der Waals surface area contributed by atoms with Crippen LogP contribution in [0.25, 0.3) is 0 Å². The summed E-state index contributed by atoms with van der Waals surface area (Å²) < 4.78 is 137. The van der Waals surface area contributed by atoms with E-state index in [0.29, 0.717) is 0 Å². The lowest BCUT2D eigenvalue weighted by Gasteiger charge is -2.37. The first-order chi connectivity index (χ1) is 9.06. The molecule has 0 aromatic heterocycles. The number of rotatable bonds is 6. The van der Waals surface area contributed by atoms with Crippen molar-refractivity contribution >= 4 is 11.8 Å². The Labute approximate surface area is 114 Å². The molecule has 13 heteroatoms. The van der Waals surface area contributed by atoms with Gasteiger partial charge in [0.05, 0.1) is 0 Å². The Kier molecular flexibility index (Phi) is 5.44. The number of nitriles is 1. The molecule has 0 aromatic carbocycles. The second-order valence-corrected chi connectivity index (χ2v) is 4.49. The summed E-state index contributed by atoms with van der Waals surface area (Å²) in [4.78, 5) is 0. The molecule has 21 heavy (non-hydrogen) atoms. The van der Waals surface area contributed by atoms with Crippen molar-refractivity contribution in [1.29, 1.82) is 5.26 Å². The van der Waals surface area contributed by atoms with E-state index in [2.05, 4.69) is 0 Å². The highest BCUT2D eigenvalue weighted by atomic mass is 32.2. The molecule has 0 unspecified atom stereocenters. The van der Waals surface area contributed by atoms with Gasteiger partial charge in [0.2, 0.25) is 0 Å². The highest BCUT2D eigenvalue weighted by Gasteiger charge is 2.86. The van der Waals surface area contributed by atoms with Crippen molar-refractivity contribution in [2.45, 2.75) is 36.3 Å². The van der Waals surface area contributed by atoms with E-state index in [-0.39, 0.29) is 11.8 Å². The molecule has 0 saturated heterocycles. The maximum absolute atomic E-state index is 12.9. The summed E-state index contributed by atoms with van der Waals surface area (Å²) in [5.41, 5.74) is 0. The van der Waals surface area contributed by atoms with Crippen LogP contribution >= 0.6 is 11.8 Å². The molecule has 0 spiro atoms. The third-order valence-electron chi connectivity index (χ3n) is 2.19. The molecule has 0 fully saturated rings. The Hall–Kier alpha value is -0.930. The lowest BCUT2D eigenvalue weighted by molar-refractivity contribution is -0.422. The zero-order valence-corrected chi connectivity index (χ0v) is 10.2. The van der Waals surface area contributed by atoms with E-state index < -0.39 is 42.0 Å². The first-order valence-electron chi connectivity index (χ1n) is 4.65. The maximum atomic E-state index is 12.9. The Bertz CT molecular complexity index is 407. The molecule has 0 aliphatic carbocycles. The molecule has 0 bridgehead atoms. The van der Waals surface area contributed by atoms with Crippen LogP contribution in [-0.4, -0.2) is 35.6 Å². The summed E-state index contributed by atoms with van der Waals surface area (Å²) in [7, 11) is 0.